The number of aromatic nitrogens is 3. The summed E-state index contributed by atoms with van der Waals surface area (Å²) in [6, 6.07) is 6.12. The van der Waals surface area contributed by atoms with Crippen LogP contribution in [0, 0.1) is 26.6 Å². The van der Waals surface area contributed by atoms with Gasteiger partial charge in [0, 0.05) is 28.4 Å². The lowest BCUT2D eigenvalue weighted by molar-refractivity contribution is -0.111. The van der Waals surface area contributed by atoms with E-state index in [1.165, 1.54) is 29.5 Å². The van der Waals surface area contributed by atoms with Crippen LogP contribution < -0.4 is 5.32 Å². The second kappa shape index (κ2) is 6.98. The van der Waals surface area contributed by atoms with Crippen LogP contribution in [0.5, 0.6) is 0 Å². The molecule has 0 saturated carbocycles. The fourth-order valence-corrected chi connectivity index (χ4v) is 3.12. The summed E-state index contributed by atoms with van der Waals surface area (Å²) in [5, 5.41) is 7.78. The number of aryl methyl sites for hydroxylation is 2. The van der Waals surface area contributed by atoms with Crippen LogP contribution in [0.25, 0.3) is 11.8 Å². The molecule has 0 fully saturated rings. The van der Waals surface area contributed by atoms with E-state index in [2.05, 4.69) is 15.4 Å². The molecule has 0 saturated heterocycles. The standard InChI is InChI=1S/C18H17FN4OS/c1-11-10-20-18(25-11)21-17(24)9-8-16-12(2)22-23(13(16)3)15-6-4-14(19)5-7-15/h4-10H,1-3H3,(H,20,21,24). The molecule has 0 unspecified atom stereocenters. The van der Waals surface area contributed by atoms with Gasteiger partial charge in [-0.25, -0.2) is 14.1 Å². The highest BCUT2D eigenvalue weighted by molar-refractivity contribution is 7.15. The summed E-state index contributed by atoms with van der Waals surface area (Å²) in [6.45, 7) is 5.71. The molecule has 0 aliphatic carbocycles. The molecule has 0 radical (unpaired) electrons. The van der Waals surface area contributed by atoms with Gasteiger partial charge in [0.1, 0.15) is 5.82 Å². The van der Waals surface area contributed by atoms with Gasteiger partial charge in [-0.05, 0) is 51.1 Å². The second-order valence-electron chi connectivity index (χ2n) is 5.57. The average Bonchev–Trinajstić information content (AvgIpc) is 3.10. The number of hydrogen-bond acceptors (Lipinski definition) is 4. The summed E-state index contributed by atoms with van der Waals surface area (Å²) in [4.78, 5) is 17.2. The molecule has 1 N–H and O–H groups in total. The normalized spacial score (nSPS) is 11.2. The maximum Gasteiger partial charge on any atom is 0.250 e. The van der Waals surface area contributed by atoms with Crippen molar-refractivity contribution in [3.05, 3.63) is 64.2 Å². The molecule has 0 aliphatic rings. The average molecular weight is 356 g/mol. The largest absolute Gasteiger partial charge is 0.298 e. The van der Waals surface area contributed by atoms with E-state index in [-0.39, 0.29) is 11.7 Å². The number of hydrogen-bond donors (Lipinski definition) is 1. The van der Waals surface area contributed by atoms with Crippen molar-refractivity contribution in [2.45, 2.75) is 20.8 Å². The fraction of sp³-hybridized carbons (Fsp3) is 0.167. The smallest absolute Gasteiger partial charge is 0.250 e. The maximum absolute atomic E-state index is 13.1. The Morgan fingerprint density at radius 1 is 1.24 bits per heavy atom. The van der Waals surface area contributed by atoms with E-state index in [1.807, 2.05) is 20.8 Å². The van der Waals surface area contributed by atoms with Crippen LogP contribution in [0.15, 0.2) is 36.5 Å². The number of carbonyl (C=O) groups is 1. The van der Waals surface area contributed by atoms with E-state index < -0.39 is 0 Å². The van der Waals surface area contributed by atoms with Gasteiger partial charge >= 0.3 is 0 Å². The first-order valence-electron chi connectivity index (χ1n) is 7.67. The third kappa shape index (κ3) is 3.83. The van der Waals surface area contributed by atoms with Crippen LogP contribution in [0.1, 0.15) is 21.8 Å². The van der Waals surface area contributed by atoms with E-state index in [4.69, 9.17) is 0 Å². The van der Waals surface area contributed by atoms with Crippen molar-refractivity contribution >= 4 is 28.5 Å². The number of anilines is 1. The van der Waals surface area contributed by atoms with Crippen molar-refractivity contribution in [1.82, 2.24) is 14.8 Å². The second-order valence-corrected chi connectivity index (χ2v) is 6.81. The number of thiazole rings is 1. The molecule has 128 valence electrons. The van der Waals surface area contributed by atoms with Crippen LogP contribution in [0.3, 0.4) is 0 Å². The highest BCUT2D eigenvalue weighted by Gasteiger charge is 2.11. The van der Waals surface area contributed by atoms with Gasteiger partial charge in [-0.1, -0.05) is 0 Å². The van der Waals surface area contributed by atoms with E-state index in [9.17, 15) is 9.18 Å². The third-order valence-corrected chi connectivity index (χ3v) is 4.50. The monoisotopic (exact) mass is 356 g/mol. The fourth-order valence-electron chi connectivity index (χ4n) is 2.45. The first kappa shape index (κ1) is 17.0. The minimum absolute atomic E-state index is 0.248. The Bertz CT molecular complexity index is 941. The zero-order chi connectivity index (χ0) is 18.0. The molecule has 1 amide bonds. The topological polar surface area (TPSA) is 59.8 Å². The summed E-state index contributed by atoms with van der Waals surface area (Å²) in [6.07, 6.45) is 4.90. The number of benzene rings is 1. The molecule has 25 heavy (non-hydrogen) atoms. The molecule has 0 spiro atoms. The highest BCUT2D eigenvalue weighted by atomic mass is 32.1. The van der Waals surface area contributed by atoms with Crippen LogP contribution in [0.2, 0.25) is 0 Å². The summed E-state index contributed by atoms with van der Waals surface area (Å²) in [5.74, 6) is -0.540. The lowest BCUT2D eigenvalue weighted by Gasteiger charge is -2.04. The Morgan fingerprint density at radius 3 is 2.60 bits per heavy atom. The number of rotatable bonds is 4. The number of amides is 1. The number of carbonyl (C=O) groups excluding carboxylic acids is 1. The number of nitrogens with one attached hydrogen (secondary N) is 1. The summed E-state index contributed by atoms with van der Waals surface area (Å²) in [7, 11) is 0. The molecular formula is C18H17FN4OS. The minimum Gasteiger partial charge on any atom is -0.298 e. The van der Waals surface area contributed by atoms with Crippen LogP contribution in [-0.4, -0.2) is 20.7 Å². The molecule has 0 bridgehead atoms. The Morgan fingerprint density at radius 2 is 1.96 bits per heavy atom. The van der Waals surface area contributed by atoms with Gasteiger partial charge in [-0.3, -0.25) is 10.1 Å². The molecule has 0 atom stereocenters. The molecular weight excluding hydrogens is 339 g/mol. The first-order valence-corrected chi connectivity index (χ1v) is 8.49. The summed E-state index contributed by atoms with van der Waals surface area (Å²) in [5.41, 5.74) is 3.29. The first-order chi connectivity index (χ1) is 11.9. The van der Waals surface area contributed by atoms with E-state index >= 15 is 0 Å². The quantitative estimate of drug-likeness (QED) is 0.718. The van der Waals surface area contributed by atoms with Gasteiger partial charge in [0.15, 0.2) is 5.13 Å². The van der Waals surface area contributed by atoms with Crippen molar-refractivity contribution < 1.29 is 9.18 Å². The predicted octanol–water partition coefficient (Wildman–Crippen LogP) is 4.05. The SMILES string of the molecule is Cc1cnc(NC(=O)C=Cc2c(C)nn(-c3ccc(F)cc3)c2C)s1. The maximum atomic E-state index is 13.1. The van der Waals surface area contributed by atoms with Crippen molar-refractivity contribution in [2.75, 3.05) is 5.32 Å². The van der Waals surface area contributed by atoms with E-state index in [1.54, 1.807) is 29.1 Å². The van der Waals surface area contributed by atoms with Gasteiger partial charge in [0.05, 0.1) is 11.4 Å². The molecule has 3 rings (SSSR count). The highest BCUT2D eigenvalue weighted by Crippen LogP contribution is 2.20. The van der Waals surface area contributed by atoms with Gasteiger partial charge in [-0.2, -0.15) is 5.10 Å². The van der Waals surface area contributed by atoms with Crippen molar-refractivity contribution in [1.29, 1.82) is 0 Å². The van der Waals surface area contributed by atoms with E-state index in [0.29, 0.717) is 5.13 Å². The zero-order valence-corrected chi connectivity index (χ0v) is 14.9. The Hall–Kier alpha value is -2.80. The lowest BCUT2D eigenvalue weighted by Crippen LogP contribution is -2.07. The van der Waals surface area contributed by atoms with E-state index in [0.717, 1.165) is 27.5 Å². The molecule has 1 aromatic carbocycles. The molecule has 7 heteroatoms. The Labute approximate surface area is 148 Å². The molecule has 2 aromatic heterocycles. The summed E-state index contributed by atoms with van der Waals surface area (Å²) >= 11 is 1.42. The van der Waals surface area contributed by atoms with Crippen LogP contribution in [0.4, 0.5) is 9.52 Å². The van der Waals surface area contributed by atoms with Gasteiger partial charge in [-0.15, -0.1) is 11.3 Å². The lowest BCUT2D eigenvalue weighted by atomic mass is 10.2. The Kier molecular flexibility index (Phi) is 4.76. The minimum atomic E-state index is -0.292. The number of halogens is 1. The van der Waals surface area contributed by atoms with Crippen molar-refractivity contribution in [3.63, 3.8) is 0 Å². The van der Waals surface area contributed by atoms with Gasteiger partial charge in [0.25, 0.3) is 0 Å². The number of nitrogens with zero attached hydrogens (tertiary/aromatic N) is 3. The van der Waals surface area contributed by atoms with Crippen LogP contribution in [-0.2, 0) is 4.79 Å². The molecule has 2 heterocycles. The Balaban J connectivity index is 1.80. The zero-order valence-electron chi connectivity index (χ0n) is 14.1. The van der Waals surface area contributed by atoms with Crippen LogP contribution >= 0.6 is 11.3 Å². The van der Waals surface area contributed by atoms with Gasteiger partial charge in [0.2, 0.25) is 5.91 Å². The summed E-state index contributed by atoms with van der Waals surface area (Å²) < 4.78 is 14.8. The molecule has 0 aliphatic heterocycles. The molecule has 3 aromatic rings. The van der Waals surface area contributed by atoms with Gasteiger partial charge < -0.3 is 0 Å². The van der Waals surface area contributed by atoms with Crippen molar-refractivity contribution in [3.8, 4) is 5.69 Å². The predicted molar refractivity (Wildman–Crippen MR) is 97.5 cm³/mol. The molecule has 5 nitrogen and oxygen atoms in total. The third-order valence-electron chi connectivity index (χ3n) is 3.67. The van der Waals surface area contributed by atoms with Crippen molar-refractivity contribution in [2.24, 2.45) is 0 Å².